The Hall–Kier alpha value is -3.09. The molecule has 1 saturated heterocycles. The van der Waals surface area contributed by atoms with E-state index in [2.05, 4.69) is 4.98 Å². The van der Waals surface area contributed by atoms with E-state index < -0.39 is 5.91 Å². The first-order valence-corrected chi connectivity index (χ1v) is 9.10. The number of fused-ring (bicyclic) bond motifs is 1. The van der Waals surface area contributed by atoms with Crippen LogP contribution in [0.3, 0.4) is 0 Å². The Balaban J connectivity index is 1.59. The van der Waals surface area contributed by atoms with Crippen LogP contribution in [0, 0.1) is 6.92 Å². The molecule has 3 heterocycles. The minimum Gasteiger partial charge on any atom is -0.461 e. The van der Waals surface area contributed by atoms with Gasteiger partial charge in [-0.1, -0.05) is 12.1 Å². The maximum absolute atomic E-state index is 13.2. The van der Waals surface area contributed by atoms with Crippen LogP contribution in [0.1, 0.15) is 40.7 Å². The van der Waals surface area contributed by atoms with Crippen molar-refractivity contribution >= 4 is 22.8 Å². The number of aryl methyl sites for hydroxylation is 1. The fourth-order valence-corrected chi connectivity index (χ4v) is 3.89. The highest BCUT2D eigenvalue weighted by molar-refractivity contribution is 6.05. The Bertz CT molecular complexity index is 1000. The molecule has 1 aromatic carbocycles. The van der Waals surface area contributed by atoms with Gasteiger partial charge in [-0.3, -0.25) is 9.59 Å². The minimum absolute atomic E-state index is 0.0346. The van der Waals surface area contributed by atoms with Gasteiger partial charge in [-0.2, -0.15) is 0 Å². The quantitative estimate of drug-likeness (QED) is 0.767. The number of nitrogens with two attached hydrogens (primary N) is 1. The normalized spacial score (nSPS) is 17.4. The highest BCUT2D eigenvalue weighted by Crippen LogP contribution is 2.29. The van der Waals surface area contributed by atoms with Crippen LogP contribution in [0.4, 0.5) is 0 Å². The summed E-state index contributed by atoms with van der Waals surface area (Å²) in [5, 5.41) is 0.934. The van der Waals surface area contributed by atoms with E-state index in [1.54, 1.807) is 17.0 Å². The number of hydrogen-bond donors (Lipinski definition) is 1. The van der Waals surface area contributed by atoms with Crippen LogP contribution in [-0.2, 0) is 11.3 Å². The molecule has 1 atom stereocenters. The monoisotopic (exact) mass is 366 g/mol. The van der Waals surface area contributed by atoms with E-state index >= 15 is 0 Å². The summed E-state index contributed by atoms with van der Waals surface area (Å²) in [6.45, 7) is 3.24. The van der Waals surface area contributed by atoms with E-state index in [0.29, 0.717) is 24.2 Å². The van der Waals surface area contributed by atoms with Gasteiger partial charge in [0.25, 0.3) is 5.91 Å². The number of imidazole rings is 1. The molecule has 1 unspecified atom stereocenters. The number of aromatic nitrogens is 2. The molecule has 0 spiro atoms. The maximum atomic E-state index is 13.2. The van der Waals surface area contributed by atoms with Gasteiger partial charge in [-0.25, -0.2) is 4.98 Å². The third-order valence-electron chi connectivity index (χ3n) is 5.05. The Morgan fingerprint density at radius 1 is 1.37 bits per heavy atom. The lowest BCUT2D eigenvalue weighted by molar-refractivity contribution is -0.118. The van der Waals surface area contributed by atoms with E-state index in [0.717, 1.165) is 29.8 Å². The summed E-state index contributed by atoms with van der Waals surface area (Å²) in [5.41, 5.74) is 6.55. The number of piperidine rings is 1. The topological polar surface area (TPSA) is 94.4 Å². The van der Waals surface area contributed by atoms with Gasteiger partial charge in [-0.15, -0.1) is 0 Å². The van der Waals surface area contributed by atoms with Crippen molar-refractivity contribution in [1.82, 2.24) is 14.5 Å². The molecule has 3 aromatic rings. The van der Waals surface area contributed by atoms with Gasteiger partial charge in [0.15, 0.2) is 0 Å². The predicted molar refractivity (Wildman–Crippen MR) is 100 cm³/mol. The van der Waals surface area contributed by atoms with E-state index in [1.165, 1.54) is 0 Å². The zero-order valence-corrected chi connectivity index (χ0v) is 15.2. The summed E-state index contributed by atoms with van der Waals surface area (Å²) in [7, 11) is 0. The number of benzene rings is 1. The van der Waals surface area contributed by atoms with Crippen molar-refractivity contribution in [1.29, 1.82) is 0 Å². The highest BCUT2D eigenvalue weighted by Gasteiger charge is 2.29. The fraction of sp³-hybridized carbons (Fsp3) is 0.350. The van der Waals surface area contributed by atoms with Gasteiger partial charge >= 0.3 is 0 Å². The average molecular weight is 366 g/mol. The molecule has 1 aliphatic rings. The zero-order chi connectivity index (χ0) is 19.0. The van der Waals surface area contributed by atoms with E-state index in [4.69, 9.17) is 10.2 Å². The van der Waals surface area contributed by atoms with Crippen LogP contribution >= 0.6 is 0 Å². The zero-order valence-electron chi connectivity index (χ0n) is 15.2. The molecule has 2 aromatic heterocycles. The first kappa shape index (κ1) is 17.3. The SMILES string of the molecule is Cc1cc2cccc(C(=O)N3CCCC(c4nccn4CC(N)=O)C3)c2o1. The molecule has 1 aliphatic heterocycles. The number of nitrogens with zero attached hydrogens (tertiary/aromatic N) is 3. The van der Waals surface area contributed by atoms with Crippen molar-refractivity contribution in [2.45, 2.75) is 32.2 Å². The second kappa shape index (κ2) is 6.90. The standard InChI is InChI=1S/C20H22N4O3/c1-13-10-14-4-2-6-16(18(14)27-13)20(26)24-8-3-5-15(11-24)19-22-7-9-23(19)12-17(21)25/h2,4,6-7,9-10,15H,3,5,8,11-12H2,1H3,(H2,21,25). The Kier molecular flexibility index (Phi) is 4.43. The number of carbonyl (C=O) groups excluding carboxylic acids is 2. The van der Waals surface area contributed by atoms with Crippen molar-refractivity contribution in [3.8, 4) is 0 Å². The fourth-order valence-electron chi connectivity index (χ4n) is 3.89. The number of carbonyl (C=O) groups is 2. The largest absolute Gasteiger partial charge is 0.461 e. The summed E-state index contributed by atoms with van der Waals surface area (Å²) in [4.78, 5) is 30.7. The molecule has 4 rings (SSSR count). The van der Waals surface area contributed by atoms with Crippen LogP contribution in [0.2, 0.25) is 0 Å². The van der Waals surface area contributed by atoms with Crippen molar-refractivity contribution in [2.75, 3.05) is 13.1 Å². The average Bonchev–Trinajstić information content (AvgIpc) is 3.25. The summed E-state index contributed by atoms with van der Waals surface area (Å²) < 4.78 is 7.53. The van der Waals surface area contributed by atoms with E-state index in [1.807, 2.05) is 36.1 Å². The second-order valence-corrected chi connectivity index (χ2v) is 7.05. The predicted octanol–water partition coefficient (Wildman–Crippen LogP) is 2.44. The molecular formula is C20H22N4O3. The molecule has 0 bridgehead atoms. The molecule has 27 heavy (non-hydrogen) atoms. The van der Waals surface area contributed by atoms with E-state index in [9.17, 15) is 9.59 Å². The molecule has 0 radical (unpaired) electrons. The first-order chi connectivity index (χ1) is 13.0. The lowest BCUT2D eigenvalue weighted by Gasteiger charge is -2.32. The maximum Gasteiger partial charge on any atom is 0.257 e. The molecular weight excluding hydrogens is 344 g/mol. The number of likely N-dealkylation sites (tertiary alicyclic amines) is 1. The minimum atomic E-state index is -0.405. The lowest BCUT2D eigenvalue weighted by Crippen LogP contribution is -2.40. The van der Waals surface area contributed by atoms with Crippen LogP contribution in [0.5, 0.6) is 0 Å². The summed E-state index contributed by atoms with van der Waals surface area (Å²) in [5.74, 6) is 1.23. The van der Waals surface area contributed by atoms with Crippen molar-refractivity contribution in [3.63, 3.8) is 0 Å². The smallest absolute Gasteiger partial charge is 0.257 e. The number of amides is 2. The second-order valence-electron chi connectivity index (χ2n) is 7.05. The molecule has 2 amide bonds. The van der Waals surface area contributed by atoms with E-state index in [-0.39, 0.29) is 18.4 Å². The molecule has 140 valence electrons. The lowest BCUT2D eigenvalue weighted by atomic mass is 9.96. The Labute approximate surface area is 156 Å². The van der Waals surface area contributed by atoms with Crippen LogP contribution < -0.4 is 5.73 Å². The summed E-state index contributed by atoms with van der Waals surface area (Å²) in [6, 6.07) is 7.57. The van der Waals surface area contributed by atoms with Gasteiger partial charge in [0.1, 0.15) is 23.7 Å². The first-order valence-electron chi connectivity index (χ1n) is 9.10. The van der Waals surface area contributed by atoms with Crippen molar-refractivity contribution < 1.29 is 14.0 Å². The molecule has 1 fully saturated rings. The summed E-state index contributed by atoms with van der Waals surface area (Å²) >= 11 is 0. The third kappa shape index (κ3) is 3.32. The van der Waals surface area contributed by atoms with Gasteiger partial charge in [0.2, 0.25) is 5.91 Å². The van der Waals surface area contributed by atoms with Crippen LogP contribution in [0.15, 0.2) is 41.1 Å². The number of rotatable bonds is 4. The number of hydrogen-bond acceptors (Lipinski definition) is 4. The van der Waals surface area contributed by atoms with Crippen LogP contribution in [-0.4, -0.2) is 39.4 Å². The molecule has 7 heteroatoms. The summed E-state index contributed by atoms with van der Waals surface area (Å²) in [6.07, 6.45) is 5.23. The Morgan fingerprint density at radius 2 is 2.22 bits per heavy atom. The number of primary amides is 1. The number of furan rings is 1. The molecule has 0 aliphatic carbocycles. The van der Waals surface area contributed by atoms with Gasteiger partial charge in [0, 0.05) is 36.8 Å². The van der Waals surface area contributed by atoms with Crippen molar-refractivity contribution in [3.05, 3.63) is 53.8 Å². The molecule has 0 saturated carbocycles. The van der Waals surface area contributed by atoms with Gasteiger partial charge in [-0.05, 0) is 31.9 Å². The van der Waals surface area contributed by atoms with Gasteiger partial charge in [0.05, 0.1) is 5.56 Å². The highest BCUT2D eigenvalue weighted by atomic mass is 16.3. The Morgan fingerprint density at radius 3 is 3.04 bits per heavy atom. The van der Waals surface area contributed by atoms with Crippen molar-refractivity contribution in [2.24, 2.45) is 5.73 Å². The van der Waals surface area contributed by atoms with Gasteiger partial charge < -0.3 is 19.6 Å². The molecule has 7 nitrogen and oxygen atoms in total. The number of para-hydroxylation sites is 1. The van der Waals surface area contributed by atoms with Crippen LogP contribution in [0.25, 0.3) is 11.0 Å². The third-order valence-corrected chi connectivity index (χ3v) is 5.05. The molecule has 2 N–H and O–H groups in total.